The predicted molar refractivity (Wildman–Crippen MR) is 57.2 cm³/mol. The zero-order valence-electron chi connectivity index (χ0n) is 10.6. The van der Waals surface area contributed by atoms with Crippen molar-refractivity contribution in [2.45, 2.75) is 69.8 Å². The molecule has 0 atom stereocenters. The summed E-state index contributed by atoms with van der Waals surface area (Å²) in [5.74, 6) is 3.16. The summed E-state index contributed by atoms with van der Waals surface area (Å²) in [6.07, 6.45) is 9.22. The summed E-state index contributed by atoms with van der Waals surface area (Å²) >= 11 is 0. The summed E-state index contributed by atoms with van der Waals surface area (Å²) in [5.41, 5.74) is 0. The molecule has 0 amide bonds. The van der Waals surface area contributed by atoms with Crippen LogP contribution < -0.4 is 18.9 Å². The molecule has 0 nitrogen and oxygen atoms in total. The molecule has 0 aromatic carbocycles. The van der Waals surface area contributed by atoms with E-state index in [9.17, 15) is 0 Å². The molecule has 2 aliphatic rings. The minimum absolute atomic E-state index is 0. The number of rotatable bonds is 1. The molecule has 13 heavy (non-hydrogen) atoms. The normalized spacial score (nSPS) is 33.0. The Balaban J connectivity index is 0.000000845. The van der Waals surface area contributed by atoms with E-state index in [4.69, 9.17) is 0 Å². The number of fused-ring (bicyclic) bond motifs is 2. The maximum atomic E-state index is 2.43. The smallest absolute Gasteiger partial charge is 1.00 e. The molecule has 2 bridgehead atoms. The first kappa shape index (κ1) is 11.7. The molecule has 2 heteroatoms. The average Bonchev–Trinajstić information content (AvgIpc) is 2.02. The second-order valence-electron chi connectivity index (χ2n) is 5.20. The first-order valence-corrected chi connectivity index (χ1v) is 5.79. The minimum Gasteiger partial charge on any atom is -1.00 e. The van der Waals surface area contributed by atoms with Crippen LogP contribution in [0.1, 0.15) is 53.8 Å². The van der Waals surface area contributed by atoms with E-state index in [2.05, 4.69) is 13.8 Å². The largest absolute Gasteiger partial charge is 1.00 e. The van der Waals surface area contributed by atoms with E-state index < -0.39 is 0 Å². The fraction of sp³-hybridized carbons (Fsp3) is 1.00. The number of hydrogen-bond donors (Lipinski definition) is 0. The van der Waals surface area contributed by atoms with Crippen LogP contribution >= 0.6 is 0 Å². The van der Waals surface area contributed by atoms with Crippen LogP contribution in [-0.4, -0.2) is 6.71 Å². The molecule has 0 unspecified atom stereocenters. The van der Waals surface area contributed by atoms with Gasteiger partial charge in [0.05, 0.1) is 0 Å². The third-order valence-corrected chi connectivity index (χ3v) is 4.16. The summed E-state index contributed by atoms with van der Waals surface area (Å²) in [5, 5.41) is 0. The molecular formula is C11H22BLi. The molecule has 0 saturated carbocycles. The molecule has 70 valence electrons. The van der Waals surface area contributed by atoms with Crippen molar-refractivity contribution < 1.29 is 20.3 Å². The van der Waals surface area contributed by atoms with Crippen molar-refractivity contribution in [2.75, 3.05) is 0 Å². The standard InChI is InChI=1S/C11H21B.Li.H/c1-9(2)12-10-5-3-6-11(12)8-4-7-10;;/h9-11H,3-8H2,1-2H3;;/q;+1;-1. The van der Waals surface area contributed by atoms with Crippen molar-refractivity contribution in [1.29, 1.82) is 0 Å². The van der Waals surface area contributed by atoms with Gasteiger partial charge in [-0.25, -0.2) is 0 Å². The van der Waals surface area contributed by atoms with Gasteiger partial charge in [0.1, 0.15) is 6.71 Å². The quantitative estimate of drug-likeness (QED) is 0.520. The Kier molecular flexibility index (Phi) is 4.46. The molecule has 2 rings (SSSR count). The Labute approximate surface area is 97.0 Å². The fourth-order valence-electron chi connectivity index (χ4n) is 3.82. The van der Waals surface area contributed by atoms with Crippen molar-refractivity contribution in [3.05, 3.63) is 0 Å². The van der Waals surface area contributed by atoms with E-state index in [1.165, 1.54) is 12.8 Å². The summed E-state index contributed by atoms with van der Waals surface area (Å²) in [6.45, 7) is 5.95. The summed E-state index contributed by atoms with van der Waals surface area (Å²) < 4.78 is 0. The zero-order valence-corrected chi connectivity index (χ0v) is 9.55. The van der Waals surface area contributed by atoms with Gasteiger partial charge >= 0.3 is 18.9 Å². The van der Waals surface area contributed by atoms with Crippen LogP contribution in [0.15, 0.2) is 0 Å². The fourth-order valence-corrected chi connectivity index (χ4v) is 3.82. The maximum Gasteiger partial charge on any atom is 1.00 e. The van der Waals surface area contributed by atoms with E-state index in [1.807, 2.05) is 0 Å². The van der Waals surface area contributed by atoms with Crippen LogP contribution in [0.5, 0.6) is 0 Å². The maximum absolute atomic E-state index is 2.43. The van der Waals surface area contributed by atoms with Gasteiger partial charge in [0, 0.05) is 0 Å². The molecule has 0 aliphatic carbocycles. The predicted octanol–water partition coefficient (Wildman–Crippen LogP) is 1.12. The van der Waals surface area contributed by atoms with E-state index in [0.29, 0.717) is 0 Å². The average molecular weight is 172 g/mol. The van der Waals surface area contributed by atoms with Crippen molar-refractivity contribution in [2.24, 2.45) is 0 Å². The molecule has 2 aliphatic heterocycles. The molecule has 0 aromatic rings. The Hall–Kier alpha value is 0.662. The van der Waals surface area contributed by atoms with E-state index >= 15 is 0 Å². The van der Waals surface area contributed by atoms with Crippen molar-refractivity contribution in [3.63, 3.8) is 0 Å². The van der Waals surface area contributed by atoms with Gasteiger partial charge in [-0.05, 0) is 0 Å². The summed E-state index contributed by atoms with van der Waals surface area (Å²) in [4.78, 5) is 0. The molecule has 0 radical (unpaired) electrons. The molecule has 0 aromatic heterocycles. The van der Waals surface area contributed by atoms with Crippen molar-refractivity contribution in [3.8, 4) is 0 Å². The van der Waals surface area contributed by atoms with Gasteiger partial charge in [0.25, 0.3) is 0 Å². The van der Waals surface area contributed by atoms with Crippen LogP contribution in [0.4, 0.5) is 0 Å². The Morgan fingerprint density at radius 3 is 1.62 bits per heavy atom. The Morgan fingerprint density at radius 1 is 1.00 bits per heavy atom. The van der Waals surface area contributed by atoms with Crippen molar-refractivity contribution in [1.82, 2.24) is 0 Å². The van der Waals surface area contributed by atoms with E-state index in [1.54, 1.807) is 25.7 Å². The third kappa shape index (κ3) is 2.37. The molecule has 0 N–H and O–H groups in total. The monoisotopic (exact) mass is 172 g/mol. The molecule has 0 spiro atoms. The first-order chi connectivity index (χ1) is 5.79. The Bertz CT molecular complexity index is 141. The topological polar surface area (TPSA) is 0 Å². The van der Waals surface area contributed by atoms with Crippen LogP contribution in [0, 0.1) is 0 Å². The third-order valence-electron chi connectivity index (χ3n) is 4.16. The van der Waals surface area contributed by atoms with Gasteiger partial charge < -0.3 is 1.43 Å². The van der Waals surface area contributed by atoms with Crippen LogP contribution in [0.3, 0.4) is 0 Å². The van der Waals surface area contributed by atoms with Gasteiger partial charge in [-0.15, -0.1) is 0 Å². The zero-order chi connectivity index (χ0) is 8.55. The molecule has 2 heterocycles. The van der Waals surface area contributed by atoms with Crippen LogP contribution in [-0.2, 0) is 0 Å². The second kappa shape index (κ2) is 4.94. The van der Waals surface area contributed by atoms with E-state index in [0.717, 1.165) is 24.2 Å². The van der Waals surface area contributed by atoms with Gasteiger partial charge in [0.2, 0.25) is 0 Å². The second-order valence-corrected chi connectivity index (χ2v) is 5.20. The van der Waals surface area contributed by atoms with Gasteiger partial charge in [-0.3, -0.25) is 0 Å². The van der Waals surface area contributed by atoms with Gasteiger partial charge in [0.15, 0.2) is 0 Å². The van der Waals surface area contributed by atoms with E-state index in [-0.39, 0.29) is 20.3 Å². The summed E-state index contributed by atoms with van der Waals surface area (Å²) in [7, 11) is 0. The first-order valence-electron chi connectivity index (χ1n) is 5.79. The molecular weight excluding hydrogens is 150 g/mol. The van der Waals surface area contributed by atoms with Gasteiger partial charge in [-0.1, -0.05) is 69.8 Å². The van der Waals surface area contributed by atoms with Gasteiger partial charge in [-0.2, -0.15) is 0 Å². The minimum atomic E-state index is 0. The molecule has 2 fully saturated rings. The van der Waals surface area contributed by atoms with Crippen molar-refractivity contribution >= 4 is 6.71 Å². The SMILES string of the molecule is CC(C)B1C2CCCC1CCC2.[H-].[Li+]. The molecule has 2 saturated heterocycles. The summed E-state index contributed by atoms with van der Waals surface area (Å²) in [6, 6.07) is 0. The van der Waals surface area contributed by atoms with Crippen LogP contribution in [0.25, 0.3) is 0 Å². The number of hydrogen-bond acceptors (Lipinski definition) is 0. The van der Waals surface area contributed by atoms with Crippen LogP contribution in [0.2, 0.25) is 17.5 Å². The Morgan fingerprint density at radius 2 is 1.38 bits per heavy atom.